The minimum atomic E-state index is 0.210. The predicted octanol–water partition coefficient (Wildman–Crippen LogP) is 3.21. The normalized spacial score (nSPS) is 11.0. The number of allylic oxidation sites excluding steroid dienone is 1. The van der Waals surface area contributed by atoms with Crippen molar-refractivity contribution in [2.45, 2.75) is 40.2 Å². The third-order valence-electron chi connectivity index (χ3n) is 3.49. The lowest BCUT2D eigenvalue weighted by molar-refractivity contribution is 0.0945. The van der Waals surface area contributed by atoms with E-state index in [0.717, 1.165) is 42.9 Å². The molecule has 0 atom stereocenters. The Balaban J connectivity index is 2.77. The SMILES string of the molecule is C=CCn1c(C)cc(C(=O)CN(C)CCCC)c1C. The smallest absolute Gasteiger partial charge is 0.178 e. The molecule has 19 heavy (non-hydrogen) atoms. The molecule has 0 aliphatic carbocycles. The lowest BCUT2D eigenvalue weighted by atomic mass is 10.1. The van der Waals surface area contributed by atoms with Crippen molar-refractivity contribution in [2.24, 2.45) is 0 Å². The van der Waals surface area contributed by atoms with Gasteiger partial charge in [0.15, 0.2) is 5.78 Å². The van der Waals surface area contributed by atoms with Crippen molar-refractivity contribution in [1.82, 2.24) is 9.47 Å². The van der Waals surface area contributed by atoms with E-state index < -0.39 is 0 Å². The van der Waals surface area contributed by atoms with Gasteiger partial charge in [-0.15, -0.1) is 6.58 Å². The second-order valence-electron chi connectivity index (χ2n) is 5.20. The number of aryl methyl sites for hydroxylation is 1. The van der Waals surface area contributed by atoms with Gasteiger partial charge in [0, 0.05) is 23.5 Å². The number of hydrogen-bond donors (Lipinski definition) is 0. The molecule has 0 spiro atoms. The molecular weight excluding hydrogens is 236 g/mol. The van der Waals surface area contributed by atoms with Gasteiger partial charge >= 0.3 is 0 Å². The Morgan fingerprint density at radius 1 is 1.47 bits per heavy atom. The third kappa shape index (κ3) is 4.06. The molecule has 0 aromatic carbocycles. The molecule has 0 aliphatic rings. The van der Waals surface area contributed by atoms with Gasteiger partial charge in [-0.05, 0) is 39.9 Å². The Bertz CT molecular complexity index is 446. The van der Waals surface area contributed by atoms with E-state index in [1.165, 1.54) is 0 Å². The standard InChI is InChI=1S/C16H26N2O/c1-6-8-10-17(5)12-16(19)15-11-13(3)18(9-7-2)14(15)4/h7,11H,2,6,8-10,12H2,1,3-5H3. The number of carbonyl (C=O) groups excluding carboxylic acids is 1. The van der Waals surface area contributed by atoms with Crippen LogP contribution in [0.25, 0.3) is 0 Å². The Hall–Kier alpha value is -1.35. The second-order valence-corrected chi connectivity index (χ2v) is 5.20. The first kappa shape index (κ1) is 15.7. The fourth-order valence-corrected chi connectivity index (χ4v) is 2.33. The molecule has 1 heterocycles. The first-order valence-corrected chi connectivity index (χ1v) is 7.00. The summed E-state index contributed by atoms with van der Waals surface area (Å²) >= 11 is 0. The van der Waals surface area contributed by atoms with Crippen molar-refractivity contribution in [3.8, 4) is 0 Å². The van der Waals surface area contributed by atoms with Crippen LogP contribution in [0.15, 0.2) is 18.7 Å². The number of Topliss-reactive ketones (excluding diaryl/α,β-unsaturated/α-hetero) is 1. The monoisotopic (exact) mass is 262 g/mol. The van der Waals surface area contributed by atoms with Crippen LogP contribution in [0.3, 0.4) is 0 Å². The largest absolute Gasteiger partial charge is 0.345 e. The van der Waals surface area contributed by atoms with Crippen LogP contribution in [0.2, 0.25) is 0 Å². The van der Waals surface area contributed by atoms with Crippen molar-refractivity contribution in [2.75, 3.05) is 20.1 Å². The van der Waals surface area contributed by atoms with E-state index in [1.54, 1.807) is 0 Å². The molecule has 1 rings (SSSR count). The van der Waals surface area contributed by atoms with Gasteiger partial charge in [-0.2, -0.15) is 0 Å². The highest BCUT2D eigenvalue weighted by molar-refractivity contribution is 5.99. The van der Waals surface area contributed by atoms with Crippen molar-refractivity contribution in [3.63, 3.8) is 0 Å². The molecule has 0 amide bonds. The molecule has 0 bridgehead atoms. The predicted molar refractivity (Wildman–Crippen MR) is 80.8 cm³/mol. The maximum Gasteiger partial charge on any atom is 0.178 e. The maximum atomic E-state index is 12.3. The molecule has 0 saturated heterocycles. The minimum Gasteiger partial charge on any atom is -0.345 e. The van der Waals surface area contributed by atoms with E-state index in [1.807, 2.05) is 33.0 Å². The zero-order chi connectivity index (χ0) is 14.4. The van der Waals surface area contributed by atoms with Gasteiger partial charge in [-0.1, -0.05) is 19.4 Å². The van der Waals surface area contributed by atoms with Gasteiger partial charge in [-0.25, -0.2) is 0 Å². The summed E-state index contributed by atoms with van der Waals surface area (Å²) in [5.41, 5.74) is 3.02. The summed E-state index contributed by atoms with van der Waals surface area (Å²) in [7, 11) is 2.01. The lowest BCUT2D eigenvalue weighted by Gasteiger charge is -2.15. The molecule has 0 radical (unpaired) electrons. The summed E-state index contributed by atoms with van der Waals surface area (Å²) in [6.07, 6.45) is 4.16. The van der Waals surface area contributed by atoms with E-state index in [0.29, 0.717) is 6.54 Å². The molecule has 0 N–H and O–H groups in total. The highest BCUT2D eigenvalue weighted by Crippen LogP contribution is 2.16. The van der Waals surface area contributed by atoms with Crippen LogP contribution in [-0.4, -0.2) is 35.4 Å². The van der Waals surface area contributed by atoms with Gasteiger partial charge in [0.25, 0.3) is 0 Å². The number of rotatable bonds is 8. The van der Waals surface area contributed by atoms with Gasteiger partial charge in [0.05, 0.1) is 6.54 Å². The van der Waals surface area contributed by atoms with Crippen molar-refractivity contribution in [1.29, 1.82) is 0 Å². The van der Waals surface area contributed by atoms with Gasteiger partial charge in [-0.3, -0.25) is 9.69 Å². The average Bonchev–Trinajstić information content (AvgIpc) is 2.65. The Kier molecular flexibility index (Phi) is 6.03. The molecule has 0 fully saturated rings. The van der Waals surface area contributed by atoms with Crippen LogP contribution >= 0.6 is 0 Å². The maximum absolute atomic E-state index is 12.3. The molecule has 3 heteroatoms. The topological polar surface area (TPSA) is 25.2 Å². The van der Waals surface area contributed by atoms with Crippen molar-refractivity contribution < 1.29 is 4.79 Å². The van der Waals surface area contributed by atoms with Gasteiger partial charge in [0.1, 0.15) is 0 Å². The van der Waals surface area contributed by atoms with Gasteiger partial charge in [0.2, 0.25) is 0 Å². The molecule has 0 aliphatic heterocycles. The quantitative estimate of drug-likeness (QED) is 0.531. The lowest BCUT2D eigenvalue weighted by Crippen LogP contribution is -2.27. The molecule has 0 unspecified atom stereocenters. The molecular formula is C16H26N2O. The molecule has 0 saturated carbocycles. The van der Waals surface area contributed by atoms with Crippen LogP contribution in [0.1, 0.15) is 41.5 Å². The number of likely N-dealkylation sites (N-methyl/N-ethyl adjacent to an activating group) is 1. The first-order valence-electron chi connectivity index (χ1n) is 7.00. The Morgan fingerprint density at radius 2 is 2.16 bits per heavy atom. The number of ketones is 1. The number of nitrogens with zero attached hydrogens (tertiary/aromatic N) is 2. The Labute approximate surface area is 116 Å². The Morgan fingerprint density at radius 3 is 2.74 bits per heavy atom. The summed E-state index contributed by atoms with van der Waals surface area (Å²) in [6.45, 7) is 12.2. The van der Waals surface area contributed by atoms with Crippen molar-refractivity contribution in [3.05, 3.63) is 35.7 Å². The number of unbranched alkanes of at least 4 members (excludes halogenated alkanes) is 1. The fourth-order valence-electron chi connectivity index (χ4n) is 2.33. The van der Waals surface area contributed by atoms with Crippen LogP contribution < -0.4 is 0 Å². The number of hydrogen-bond acceptors (Lipinski definition) is 2. The van der Waals surface area contributed by atoms with E-state index >= 15 is 0 Å². The first-order chi connectivity index (χ1) is 9.01. The number of carbonyl (C=O) groups is 1. The van der Waals surface area contributed by atoms with Crippen molar-refractivity contribution >= 4 is 5.78 Å². The summed E-state index contributed by atoms with van der Waals surface area (Å²) in [6, 6.07) is 1.99. The highest BCUT2D eigenvalue weighted by Gasteiger charge is 2.16. The van der Waals surface area contributed by atoms with E-state index in [9.17, 15) is 4.79 Å². The molecule has 3 nitrogen and oxygen atoms in total. The van der Waals surface area contributed by atoms with E-state index in [4.69, 9.17) is 0 Å². The molecule has 106 valence electrons. The third-order valence-corrected chi connectivity index (χ3v) is 3.49. The highest BCUT2D eigenvalue weighted by atomic mass is 16.1. The van der Waals surface area contributed by atoms with Crippen LogP contribution in [0.5, 0.6) is 0 Å². The molecule has 1 aromatic rings. The van der Waals surface area contributed by atoms with E-state index in [2.05, 4.69) is 23.0 Å². The molecule has 1 aromatic heterocycles. The average molecular weight is 262 g/mol. The summed E-state index contributed by atoms with van der Waals surface area (Å²) in [5, 5.41) is 0. The fraction of sp³-hybridized carbons (Fsp3) is 0.562. The second kappa shape index (κ2) is 7.29. The van der Waals surface area contributed by atoms with Crippen LogP contribution in [-0.2, 0) is 6.54 Å². The zero-order valence-corrected chi connectivity index (χ0v) is 12.7. The minimum absolute atomic E-state index is 0.210. The van der Waals surface area contributed by atoms with Crippen LogP contribution in [0.4, 0.5) is 0 Å². The zero-order valence-electron chi connectivity index (χ0n) is 12.7. The summed E-state index contributed by atoms with van der Waals surface area (Å²) < 4.78 is 2.13. The van der Waals surface area contributed by atoms with Crippen LogP contribution in [0, 0.1) is 13.8 Å². The summed E-state index contributed by atoms with van der Waals surface area (Å²) in [5.74, 6) is 0.210. The summed E-state index contributed by atoms with van der Waals surface area (Å²) in [4.78, 5) is 14.4. The number of aromatic nitrogens is 1. The van der Waals surface area contributed by atoms with Gasteiger partial charge < -0.3 is 4.57 Å². The van der Waals surface area contributed by atoms with E-state index in [-0.39, 0.29) is 5.78 Å².